The summed E-state index contributed by atoms with van der Waals surface area (Å²) in [7, 11) is -3.45. The van der Waals surface area contributed by atoms with Gasteiger partial charge in [0.15, 0.2) is 0 Å². The van der Waals surface area contributed by atoms with E-state index in [-0.39, 0.29) is 4.90 Å². The van der Waals surface area contributed by atoms with E-state index in [1.807, 2.05) is 13.2 Å². The molecular formula is C11H20N2O3S2. The van der Waals surface area contributed by atoms with Crippen LogP contribution in [-0.4, -0.2) is 33.5 Å². The Balaban J connectivity index is 2.78. The molecule has 104 valence electrons. The van der Waals surface area contributed by atoms with Crippen LogP contribution in [0.2, 0.25) is 0 Å². The lowest BCUT2D eigenvalue weighted by Gasteiger charge is -2.03. The molecule has 5 nitrogen and oxygen atoms in total. The molecule has 0 aliphatic heterocycles. The van der Waals surface area contributed by atoms with E-state index in [1.165, 1.54) is 0 Å². The van der Waals surface area contributed by atoms with Gasteiger partial charge in [-0.15, -0.1) is 0 Å². The third kappa shape index (κ3) is 4.31. The van der Waals surface area contributed by atoms with Gasteiger partial charge in [0, 0.05) is 18.4 Å². The molecule has 0 fully saturated rings. The van der Waals surface area contributed by atoms with Crippen LogP contribution in [0, 0.1) is 6.92 Å². The molecule has 0 unspecified atom stereocenters. The van der Waals surface area contributed by atoms with E-state index < -0.39 is 10.0 Å². The van der Waals surface area contributed by atoms with E-state index in [9.17, 15) is 8.42 Å². The second-order valence-electron chi connectivity index (χ2n) is 3.80. The van der Waals surface area contributed by atoms with Gasteiger partial charge in [-0.25, -0.2) is 13.1 Å². The molecule has 1 rings (SSSR count). The first-order chi connectivity index (χ1) is 8.51. The zero-order chi connectivity index (χ0) is 13.6. The molecule has 1 heterocycles. The highest BCUT2D eigenvalue weighted by Gasteiger charge is 2.20. The fraction of sp³-hybridized carbons (Fsp3) is 0.636. The summed E-state index contributed by atoms with van der Waals surface area (Å²) < 4.78 is 32.0. The number of sulfonamides is 1. The van der Waals surface area contributed by atoms with Crippen molar-refractivity contribution in [2.75, 3.05) is 25.1 Å². The van der Waals surface area contributed by atoms with Gasteiger partial charge >= 0.3 is 0 Å². The second kappa shape index (κ2) is 7.18. The van der Waals surface area contributed by atoms with Crippen LogP contribution >= 0.6 is 11.8 Å². The third-order valence-corrected chi connectivity index (χ3v) is 4.54. The predicted molar refractivity (Wildman–Crippen MR) is 74.4 cm³/mol. The average Bonchev–Trinajstić information content (AvgIpc) is 2.69. The van der Waals surface area contributed by atoms with Crippen LogP contribution < -0.4 is 10.0 Å². The van der Waals surface area contributed by atoms with Crippen LogP contribution in [0.5, 0.6) is 0 Å². The first-order valence-electron chi connectivity index (χ1n) is 5.80. The standard InChI is InChI=1S/C11H20N2O3S2/c1-4-12-8-10-7-11(9(2)16-10)18(14,15)13-5-6-17-3/h7,12-13H,4-6,8H2,1-3H3. The molecule has 0 spiro atoms. The zero-order valence-electron chi connectivity index (χ0n) is 10.9. The van der Waals surface area contributed by atoms with Crippen molar-refractivity contribution in [1.82, 2.24) is 10.0 Å². The summed E-state index contributed by atoms with van der Waals surface area (Å²) in [5, 5.41) is 3.10. The second-order valence-corrected chi connectivity index (χ2v) is 6.53. The minimum absolute atomic E-state index is 0.233. The highest BCUT2D eigenvalue weighted by atomic mass is 32.2. The maximum atomic E-state index is 12.0. The third-order valence-electron chi connectivity index (χ3n) is 2.36. The molecule has 0 aliphatic rings. The van der Waals surface area contributed by atoms with Gasteiger partial charge in [0.2, 0.25) is 10.0 Å². The van der Waals surface area contributed by atoms with Gasteiger partial charge in [0.05, 0.1) is 6.54 Å². The summed E-state index contributed by atoms with van der Waals surface area (Å²) in [6.45, 7) is 5.43. The van der Waals surface area contributed by atoms with Gasteiger partial charge in [-0.05, 0) is 19.7 Å². The quantitative estimate of drug-likeness (QED) is 0.708. The molecule has 0 radical (unpaired) electrons. The van der Waals surface area contributed by atoms with E-state index in [0.717, 1.165) is 12.3 Å². The van der Waals surface area contributed by atoms with Crippen LogP contribution in [0.4, 0.5) is 0 Å². The largest absolute Gasteiger partial charge is 0.464 e. The maximum Gasteiger partial charge on any atom is 0.244 e. The van der Waals surface area contributed by atoms with Crippen molar-refractivity contribution in [2.24, 2.45) is 0 Å². The highest BCUT2D eigenvalue weighted by Crippen LogP contribution is 2.19. The smallest absolute Gasteiger partial charge is 0.244 e. The molecule has 0 atom stereocenters. The van der Waals surface area contributed by atoms with Crippen LogP contribution in [0.3, 0.4) is 0 Å². The number of aryl methyl sites for hydroxylation is 1. The number of rotatable bonds is 8. The summed E-state index contributed by atoms with van der Waals surface area (Å²) >= 11 is 1.60. The Morgan fingerprint density at radius 1 is 1.44 bits per heavy atom. The first kappa shape index (κ1) is 15.6. The molecule has 1 aromatic rings. The van der Waals surface area contributed by atoms with E-state index in [2.05, 4.69) is 10.0 Å². The number of nitrogens with one attached hydrogen (secondary N) is 2. The number of furan rings is 1. The molecule has 0 aliphatic carbocycles. The first-order valence-corrected chi connectivity index (χ1v) is 8.67. The molecule has 0 aromatic carbocycles. The molecule has 0 amide bonds. The Hall–Kier alpha value is -0.500. The monoisotopic (exact) mass is 292 g/mol. The minimum atomic E-state index is -3.45. The Kier molecular flexibility index (Phi) is 6.20. The van der Waals surface area contributed by atoms with E-state index in [4.69, 9.17) is 4.42 Å². The number of hydrogen-bond acceptors (Lipinski definition) is 5. The maximum absolute atomic E-state index is 12.0. The molecule has 0 saturated heterocycles. The molecule has 2 N–H and O–H groups in total. The van der Waals surface area contributed by atoms with E-state index >= 15 is 0 Å². The highest BCUT2D eigenvalue weighted by molar-refractivity contribution is 7.98. The van der Waals surface area contributed by atoms with Crippen molar-refractivity contribution in [3.8, 4) is 0 Å². The molecule has 7 heteroatoms. The summed E-state index contributed by atoms with van der Waals surface area (Å²) in [5.41, 5.74) is 0. The topological polar surface area (TPSA) is 71.3 Å². The SMILES string of the molecule is CCNCc1cc(S(=O)(=O)NCCSC)c(C)o1. The van der Waals surface area contributed by atoms with Crippen molar-refractivity contribution >= 4 is 21.8 Å². The van der Waals surface area contributed by atoms with Gasteiger partial charge in [0.1, 0.15) is 16.4 Å². The van der Waals surface area contributed by atoms with Gasteiger partial charge in [-0.2, -0.15) is 11.8 Å². The van der Waals surface area contributed by atoms with Gasteiger partial charge < -0.3 is 9.73 Å². The molecular weight excluding hydrogens is 272 g/mol. The van der Waals surface area contributed by atoms with Crippen LogP contribution in [0.15, 0.2) is 15.4 Å². The normalized spacial score (nSPS) is 11.9. The lowest BCUT2D eigenvalue weighted by molar-refractivity contribution is 0.460. The minimum Gasteiger partial charge on any atom is -0.464 e. The molecule has 0 bridgehead atoms. The van der Waals surface area contributed by atoms with Crippen molar-refractivity contribution in [2.45, 2.75) is 25.3 Å². The molecule has 1 aromatic heterocycles. The van der Waals surface area contributed by atoms with Crippen molar-refractivity contribution < 1.29 is 12.8 Å². The summed E-state index contributed by atoms with van der Waals surface area (Å²) in [5.74, 6) is 1.82. The summed E-state index contributed by atoms with van der Waals surface area (Å²) in [6.07, 6.45) is 1.94. The van der Waals surface area contributed by atoms with E-state index in [1.54, 1.807) is 24.8 Å². The zero-order valence-corrected chi connectivity index (χ0v) is 12.6. The summed E-state index contributed by atoms with van der Waals surface area (Å²) in [4.78, 5) is 0.233. The van der Waals surface area contributed by atoms with Crippen LogP contribution in [0.1, 0.15) is 18.4 Å². The Bertz CT molecular complexity index is 469. The van der Waals surface area contributed by atoms with Crippen LogP contribution in [-0.2, 0) is 16.6 Å². The lowest BCUT2D eigenvalue weighted by atomic mass is 10.4. The van der Waals surface area contributed by atoms with E-state index in [0.29, 0.717) is 24.6 Å². The average molecular weight is 292 g/mol. The fourth-order valence-corrected chi connectivity index (χ4v) is 3.15. The summed E-state index contributed by atoms with van der Waals surface area (Å²) in [6, 6.07) is 1.58. The van der Waals surface area contributed by atoms with Crippen molar-refractivity contribution in [3.63, 3.8) is 0 Å². The molecule has 0 saturated carbocycles. The fourth-order valence-electron chi connectivity index (χ4n) is 1.48. The van der Waals surface area contributed by atoms with Crippen LogP contribution in [0.25, 0.3) is 0 Å². The van der Waals surface area contributed by atoms with Crippen molar-refractivity contribution in [3.05, 3.63) is 17.6 Å². The Morgan fingerprint density at radius 2 is 2.17 bits per heavy atom. The Labute approximate surface area is 113 Å². The van der Waals surface area contributed by atoms with Gasteiger partial charge in [-0.1, -0.05) is 6.92 Å². The number of thioether (sulfide) groups is 1. The van der Waals surface area contributed by atoms with Gasteiger partial charge in [0.25, 0.3) is 0 Å². The molecule has 18 heavy (non-hydrogen) atoms. The number of hydrogen-bond donors (Lipinski definition) is 2. The Morgan fingerprint density at radius 3 is 2.78 bits per heavy atom. The van der Waals surface area contributed by atoms with Crippen molar-refractivity contribution in [1.29, 1.82) is 0 Å². The predicted octanol–water partition coefficient (Wildman–Crippen LogP) is 1.34. The van der Waals surface area contributed by atoms with Gasteiger partial charge in [-0.3, -0.25) is 0 Å². The lowest BCUT2D eigenvalue weighted by Crippen LogP contribution is -2.26.